The van der Waals surface area contributed by atoms with Gasteiger partial charge >= 0.3 is 6.09 Å². The van der Waals surface area contributed by atoms with Crippen molar-refractivity contribution in [2.45, 2.75) is 12.5 Å². The lowest BCUT2D eigenvalue weighted by atomic mass is 10.2. The van der Waals surface area contributed by atoms with Gasteiger partial charge in [0.05, 0.1) is 7.11 Å². The summed E-state index contributed by atoms with van der Waals surface area (Å²) in [5.41, 5.74) is 0.547. The van der Waals surface area contributed by atoms with E-state index < -0.39 is 18.0 Å². The quantitative estimate of drug-likeness (QED) is 0.452. The van der Waals surface area contributed by atoms with Crippen LogP contribution in [0.1, 0.15) is 6.42 Å². The number of thiocarbonyl (C=S) groups is 1. The zero-order chi connectivity index (χ0) is 21.2. The number of aldehydes is 1. The van der Waals surface area contributed by atoms with E-state index in [0.29, 0.717) is 28.5 Å². The summed E-state index contributed by atoms with van der Waals surface area (Å²) in [6.07, 6.45) is -0.334. The minimum atomic E-state index is -0.921. The summed E-state index contributed by atoms with van der Waals surface area (Å²) in [4.78, 5) is 34.5. The summed E-state index contributed by atoms with van der Waals surface area (Å²) in [5.74, 6) is 0.515. The van der Waals surface area contributed by atoms with E-state index in [4.69, 9.17) is 28.6 Å². The van der Waals surface area contributed by atoms with E-state index in [0.717, 1.165) is 7.11 Å². The van der Waals surface area contributed by atoms with Gasteiger partial charge in [-0.25, -0.2) is 4.79 Å². The summed E-state index contributed by atoms with van der Waals surface area (Å²) in [6, 6.07) is 12.8. The molecule has 0 aliphatic carbocycles. The second-order valence-corrected chi connectivity index (χ2v) is 6.46. The van der Waals surface area contributed by atoms with Crippen LogP contribution in [0.5, 0.6) is 11.5 Å². The molecule has 0 spiro atoms. The number of nitrogens with one attached hydrogen (secondary N) is 3. The van der Waals surface area contributed by atoms with E-state index in [-0.39, 0.29) is 11.5 Å². The third-order valence-electron chi connectivity index (χ3n) is 3.51. The molecule has 152 valence electrons. The van der Waals surface area contributed by atoms with Crippen molar-refractivity contribution in [2.75, 3.05) is 12.4 Å². The predicted octanol–water partition coefficient (Wildman–Crippen LogP) is 3.26. The van der Waals surface area contributed by atoms with Crippen molar-refractivity contribution < 1.29 is 23.9 Å². The SMILES string of the molecule is COC(=O)NC(=S)NC(=O)C(CC=O)Nc1cccc(Oc2ccc(Cl)cc2)c1. The number of carbonyl (C=O) groups excluding carboxylic acids is 3. The van der Waals surface area contributed by atoms with Gasteiger partial charge in [0.15, 0.2) is 5.11 Å². The average molecular weight is 436 g/mol. The maximum atomic E-state index is 12.4. The van der Waals surface area contributed by atoms with Crippen LogP contribution in [0.3, 0.4) is 0 Å². The smallest absolute Gasteiger partial charge is 0.413 e. The molecule has 0 fully saturated rings. The fourth-order valence-corrected chi connectivity index (χ4v) is 2.50. The first-order chi connectivity index (χ1) is 13.9. The zero-order valence-electron chi connectivity index (χ0n) is 15.3. The van der Waals surface area contributed by atoms with Gasteiger partial charge in [0, 0.05) is 23.2 Å². The molecule has 0 aromatic heterocycles. The van der Waals surface area contributed by atoms with Crippen LogP contribution in [0.25, 0.3) is 0 Å². The van der Waals surface area contributed by atoms with Crippen molar-refractivity contribution >= 4 is 52.9 Å². The summed E-state index contributed by atoms with van der Waals surface area (Å²) < 4.78 is 10.1. The van der Waals surface area contributed by atoms with Gasteiger partial charge in [-0.15, -0.1) is 0 Å². The lowest BCUT2D eigenvalue weighted by Gasteiger charge is -2.18. The molecule has 2 aromatic carbocycles. The maximum Gasteiger partial charge on any atom is 0.413 e. The third kappa shape index (κ3) is 7.40. The number of hydrogen-bond acceptors (Lipinski definition) is 7. The second-order valence-electron chi connectivity index (χ2n) is 5.62. The Balaban J connectivity index is 2.04. The molecule has 0 radical (unpaired) electrons. The van der Waals surface area contributed by atoms with Gasteiger partial charge in [-0.1, -0.05) is 17.7 Å². The highest BCUT2D eigenvalue weighted by atomic mass is 35.5. The molecule has 0 saturated carbocycles. The molecule has 0 saturated heterocycles. The number of alkyl carbamates (subject to hydrolysis) is 1. The van der Waals surface area contributed by atoms with Crippen LogP contribution in [0, 0.1) is 0 Å². The Labute approximate surface area is 177 Å². The molecule has 1 atom stereocenters. The van der Waals surface area contributed by atoms with Gasteiger partial charge in [0.1, 0.15) is 23.8 Å². The van der Waals surface area contributed by atoms with E-state index in [1.165, 1.54) is 0 Å². The molecule has 3 N–H and O–H groups in total. The number of halogens is 1. The van der Waals surface area contributed by atoms with E-state index in [2.05, 4.69) is 20.7 Å². The summed E-state index contributed by atoms with van der Waals surface area (Å²) >= 11 is 10.7. The fourth-order valence-electron chi connectivity index (χ4n) is 2.19. The summed E-state index contributed by atoms with van der Waals surface area (Å²) in [5, 5.41) is 7.78. The van der Waals surface area contributed by atoms with Gasteiger partial charge in [0.25, 0.3) is 0 Å². The van der Waals surface area contributed by atoms with Crippen molar-refractivity contribution in [3.63, 3.8) is 0 Å². The highest BCUT2D eigenvalue weighted by molar-refractivity contribution is 7.80. The Morgan fingerprint density at radius 1 is 1.14 bits per heavy atom. The van der Waals surface area contributed by atoms with Gasteiger partial charge < -0.3 is 24.9 Å². The Kier molecular flexibility index (Phi) is 8.38. The lowest BCUT2D eigenvalue weighted by molar-refractivity contribution is -0.122. The largest absolute Gasteiger partial charge is 0.457 e. The number of amides is 2. The number of hydrogen-bond donors (Lipinski definition) is 3. The van der Waals surface area contributed by atoms with Crippen molar-refractivity contribution in [3.8, 4) is 11.5 Å². The molecule has 10 heteroatoms. The standard InChI is InChI=1S/C19H18ClN3O5S/c1-27-19(26)23-18(29)22-17(25)16(9-10-24)21-13-3-2-4-15(11-13)28-14-7-5-12(20)6-8-14/h2-8,10-11,16,21H,9H2,1H3,(H2,22,23,25,26,29). The Hall–Kier alpha value is -3.17. The third-order valence-corrected chi connectivity index (χ3v) is 3.97. The molecule has 0 heterocycles. The Morgan fingerprint density at radius 3 is 2.52 bits per heavy atom. The molecule has 0 aliphatic rings. The molecular weight excluding hydrogens is 418 g/mol. The van der Waals surface area contributed by atoms with E-state index in [9.17, 15) is 14.4 Å². The van der Waals surface area contributed by atoms with Gasteiger partial charge in [-0.2, -0.15) is 0 Å². The monoisotopic (exact) mass is 435 g/mol. The highest BCUT2D eigenvalue weighted by Gasteiger charge is 2.20. The molecule has 2 rings (SSSR count). The van der Waals surface area contributed by atoms with Crippen LogP contribution in [-0.2, 0) is 14.3 Å². The molecule has 2 aromatic rings. The van der Waals surface area contributed by atoms with Crippen LogP contribution in [0.4, 0.5) is 10.5 Å². The molecule has 8 nitrogen and oxygen atoms in total. The number of ether oxygens (including phenoxy) is 2. The topological polar surface area (TPSA) is 106 Å². The minimum absolute atomic E-state index is 0.116. The normalized spacial score (nSPS) is 11.0. The van der Waals surface area contributed by atoms with Gasteiger partial charge in [-0.05, 0) is 48.6 Å². The van der Waals surface area contributed by atoms with Crippen LogP contribution >= 0.6 is 23.8 Å². The first-order valence-electron chi connectivity index (χ1n) is 8.34. The first kappa shape index (κ1) is 22.1. The first-order valence-corrected chi connectivity index (χ1v) is 9.13. The van der Waals surface area contributed by atoms with Crippen LogP contribution in [0.15, 0.2) is 48.5 Å². The van der Waals surface area contributed by atoms with Crippen LogP contribution in [-0.4, -0.2) is 36.6 Å². The number of anilines is 1. The number of rotatable bonds is 7. The zero-order valence-corrected chi connectivity index (χ0v) is 16.9. The summed E-state index contributed by atoms with van der Waals surface area (Å²) in [7, 11) is 1.16. The van der Waals surface area contributed by atoms with E-state index in [1.807, 2.05) is 0 Å². The summed E-state index contributed by atoms with van der Waals surface area (Å²) in [6.45, 7) is 0. The van der Waals surface area contributed by atoms with Crippen molar-refractivity contribution in [2.24, 2.45) is 0 Å². The van der Waals surface area contributed by atoms with E-state index >= 15 is 0 Å². The molecular formula is C19H18ClN3O5S. The minimum Gasteiger partial charge on any atom is -0.457 e. The predicted molar refractivity (Wildman–Crippen MR) is 112 cm³/mol. The Morgan fingerprint density at radius 2 is 1.86 bits per heavy atom. The number of methoxy groups -OCH3 is 1. The fraction of sp³-hybridized carbons (Fsp3) is 0.158. The molecule has 1 unspecified atom stereocenters. The molecule has 2 amide bonds. The second kappa shape index (κ2) is 11.0. The van der Waals surface area contributed by atoms with Crippen LogP contribution in [0.2, 0.25) is 5.02 Å². The molecule has 0 bridgehead atoms. The highest BCUT2D eigenvalue weighted by Crippen LogP contribution is 2.25. The van der Waals surface area contributed by atoms with Gasteiger partial charge in [-0.3, -0.25) is 10.1 Å². The average Bonchev–Trinajstić information content (AvgIpc) is 2.69. The van der Waals surface area contributed by atoms with E-state index in [1.54, 1.807) is 48.5 Å². The molecule has 0 aliphatic heterocycles. The molecule has 29 heavy (non-hydrogen) atoms. The van der Waals surface area contributed by atoms with Crippen molar-refractivity contribution in [1.82, 2.24) is 10.6 Å². The maximum absolute atomic E-state index is 12.4. The van der Waals surface area contributed by atoms with Crippen molar-refractivity contribution in [3.05, 3.63) is 53.6 Å². The van der Waals surface area contributed by atoms with Crippen LogP contribution < -0.4 is 20.7 Å². The number of carbonyl (C=O) groups is 3. The van der Waals surface area contributed by atoms with Gasteiger partial charge in [0.2, 0.25) is 5.91 Å². The lowest BCUT2D eigenvalue weighted by Crippen LogP contribution is -2.48. The Bertz CT molecular complexity index is 892. The van der Waals surface area contributed by atoms with Crippen molar-refractivity contribution in [1.29, 1.82) is 0 Å². The number of benzene rings is 2.